The fourth-order valence-electron chi connectivity index (χ4n) is 3.47. The number of ether oxygens (including phenoxy) is 2. The molecule has 6 nitrogen and oxygen atoms in total. The van der Waals surface area contributed by atoms with Crippen LogP contribution in [0.4, 0.5) is 4.39 Å². The Morgan fingerprint density at radius 2 is 2.23 bits per heavy atom. The second-order valence-corrected chi connectivity index (χ2v) is 8.12. The Labute approximate surface area is 178 Å². The molecule has 0 bridgehead atoms. The minimum Gasteiger partial charge on any atom is -0.487 e. The first-order chi connectivity index (χ1) is 14.6. The van der Waals surface area contributed by atoms with E-state index in [0.29, 0.717) is 42.3 Å². The lowest BCUT2D eigenvalue weighted by atomic mass is 10.0. The van der Waals surface area contributed by atoms with Crippen LogP contribution in [0, 0.1) is 5.82 Å². The van der Waals surface area contributed by atoms with E-state index >= 15 is 0 Å². The molecule has 0 spiro atoms. The van der Waals surface area contributed by atoms with Gasteiger partial charge in [0.2, 0.25) is 11.8 Å². The van der Waals surface area contributed by atoms with Crippen molar-refractivity contribution in [2.75, 3.05) is 13.7 Å². The van der Waals surface area contributed by atoms with Gasteiger partial charge in [-0.1, -0.05) is 6.07 Å². The summed E-state index contributed by atoms with van der Waals surface area (Å²) < 4.78 is 25.2. The van der Waals surface area contributed by atoms with Crippen LogP contribution in [-0.2, 0) is 17.6 Å². The predicted octanol–water partition coefficient (Wildman–Crippen LogP) is 3.80. The standard InChI is InChI=1S/C22H22FN3O3S/c1-28-21-8-7-19(25-26-21)18-12-15(23)10-14-11-16(29-22(14)18)13-24-20(27)6-2-4-17-5-3-9-30-17/h3,5,7-10,12,16H,2,4,6,11,13H2,1H3,(H,24,27)/t16-/m0/s1. The second kappa shape index (κ2) is 9.21. The molecule has 30 heavy (non-hydrogen) atoms. The van der Waals surface area contributed by atoms with Crippen molar-refractivity contribution in [3.63, 3.8) is 0 Å². The number of methoxy groups -OCH3 is 1. The van der Waals surface area contributed by atoms with Crippen molar-refractivity contribution in [2.45, 2.75) is 31.8 Å². The molecule has 1 amide bonds. The molecule has 0 fully saturated rings. The number of hydrogen-bond acceptors (Lipinski definition) is 6. The van der Waals surface area contributed by atoms with Gasteiger partial charge in [0, 0.05) is 34.9 Å². The van der Waals surface area contributed by atoms with Crippen molar-refractivity contribution < 1.29 is 18.7 Å². The highest BCUT2D eigenvalue weighted by Crippen LogP contribution is 2.39. The van der Waals surface area contributed by atoms with Crippen LogP contribution >= 0.6 is 11.3 Å². The Balaban J connectivity index is 1.35. The fraction of sp³-hybridized carbons (Fsp3) is 0.318. The van der Waals surface area contributed by atoms with Crippen molar-refractivity contribution in [3.8, 4) is 22.9 Å². The van der Waals surface area contributed by atoms with E-state index in [0.717, 1.165) is 18.4 Å². The zero-order chi connectivity index (χ0) is 20.9. The molecule has 1 aliphatic rings. The van der Waals surface area contributed by atoms with Gasteiger partial charge in [-0.2, -0.15) is 0 Å². The number of rotatable bonds is 8. The van der Waals surface area contributed by atoms with Crippen molar-refractivity contribution in [1.29, 1.82) is 0 Å². The van der Waals surface area contributed by atoms with E-state index < -0.39 is 0 Å². The molecule has 1 aliphatic heterocycles. The number of hydrogen-bond donors (Lipinski definition) is 1. The van der Waals surface area contributed by atoms with E-state index in [9.17, 15) is 9.18 Å². The molecule has 3 heterocycles. The van der Waals surface area contributed by atoms with E-state index in [1.807, 2.05) is 11.4 Å². The van der Waals surface area contributed by atoms with Crippen LogP contribution in [0.1, 0.15) is 23.3 Å². The number of halogens is 1. The van der Waals surface area contributed by atoms with E-state index in [1.165, 1.54) is 24.1 Å². The number of nitrogens with zero attached hydrogens (tertiary/aromatic N) is 2. The number of benzene rings is 1. The van der Waals surface area contributed by atoms with Crippen molar-refractivity contribution >= 4 is 17.2 Å². The number of carbonyl (C=O) groups is 1. The third kappa shape index (κ3) is 4.76. The average molecular weight is 428 g/mol. The smallest absolute Gasteiger partial charge is 0.233 e. The van der Waals surface area contributed by atoms with Gasteiger partial charge in [-0.15, -0.1) is 21.5 Å². The van der Waals surface area contributed by atoms with Gasteiger partial charge >= 0.3 is 0 Å². The van der Waals surface area contributed by atoms with E-state index in [1.54, 1.807) is 23.5 Å². The Bertz CT molecular complexity index is 1010. The van der Waals surface area contributed by atoms with Gasteiger partial charge in [0.1, 0.15) is 17.7 Å². The molecule has 8 heteroatoms. The Kier molecular flexibility index (Phi) is 6.23. The maximum Gasteiger partial charge on any atom is 0.233 e. The normalized spacial score (nSPS) is 14.8. The maximum atomic E-state index is 14.2. The molecule has 4 rings (SSSR count). The number of nitrogens with one attached hydrogen (secondary N) is 1. The lowest BCUT2D eigenvalue weighted by molar-refractivity contribution is -0.121. The first kappa shape index (κ1) is 20.3. The molecule has 0 unspecified atom stereocenters. The van der Waals surface area contributed by atoms with Gasteiger partial charge in [0.25, 0.3) is 0 Å². The third-order valence-electron chi connectivity index (χ3n) is 4.92. The predicted molar refractivity (Wildman–Crippen MR) is 112 cm³/mol. The molecular weight excluding hydrogens is 405 g/mol. The molecule has 1 atom stereocenters. The van der Waals surface area contributed by atoms with Gasteiger partial charge in [-0.25, -0.2) is 4.39 Å². The van der Waals surface area contributed by atoms with Crippen molar-refractivity contribution in [1.82, 2.24) is 15.5 Å². The summed E-state index contributed by atoms with van der Waals surface area (Å²) in [5.74, 6) is 0.613. The summed E-state index contributed by atoms with van der Waals surface area (Å²) in [7, 11) is 1.51. The van der Waals surface area contributed by atoms with Crippen LogP contribution in [0.2, 0.25) is 0 Å². The summed E-state index contributed by atoms with van der Waals surface area (Å²) in [6.45, 7) is 0.377. The van der Waals surface area contributed by atoms with Crippen molar-refractivity contribution in [2.24, 2.45) is 0 Å². The number of aromatic nitrogens is 2. The van der Waals surface area contributed by atoms with Crippen LogP contribution in [0.25, 0.3) is 11.3 Å². The molecule has 156 valence electrons. The molecule has 0 saturated heterocycles. The highest BCUT2D eigenvalue weighted by molar-refractivity contribution is 7.09. The summed E-state index contributed by atoms with van der Waals surface area (Å²) in [6.07, 6.45) is 2.47. The topological polar surface area (TPSA) is 73.3 Å². The Morgan fingerprint density at radius 1 is 1.33 bits per heavy atom. The minimum absolute atomic E-state index is 0.00135. The number of thiophene rings is 1. The Morgan fingerprint density at radius 3 is 2.97 bits per heavy atom. The average Bonchev–Trinajstić information content (AvgIpc) is 3.41. The molecule has 3 aromatic rings. The first-order valence-corrected chi connectivity index (χ1v) is 10.7. The summed E-state index contributed by atoms with van der Waals surface area (Å²) in [5.41, 5.74) is 1.81. The molecule has 2 aromatic heterocycles. The molecule has 0 radical (unpaired) electrons. The monoisotopic (exact) mass is 427 g/mol. The van der Waals surface area contributed by atoms with E-state index in [-0.39, 0.29) is 17.8 Å². The van der Waals surface area contributed by atoms with Crippen LogP contribution in [0.3, 0.4) is 0 Å². The van der Waals surface area contributed by atoms with E-state index in [2.05, 4.69) is 21.6 Å². The zero-order valence-corrected chi connectivity index (χ0v) is 17.4. The number of fused-ring (bicyclic) bond motifs is 1. The number of aryl methyl sites for hydroxylation is 1. The summed E-state index contributed by atoms with van der Waals surface area (Å²) in [4.78, 5) is 13.4. The Hall–Kier alpha value is -3.00. The van der Waals surface area contributed by atoms with Gasteiger partial charge in [-0.05, 0) is 42.5 Å². The van der Waals surface area contributed by atoms with Gasteiger partial charge in [0.05, 0.1) is 19.3 Å². The van der Waals surface area contributed by atoms with Crippen LogP contribution in [0.15, 0.2) is 41.8 Å². The highest BCUT2D eigenvalue weighted by Gasteiger charge is 2.28. The van der Waals surface area contributed by atoms with E-state index in [4.69, 9.17) is 9.47 Å². The van der Waals surface area contributed by atoms with Gasteiger partial charge < -0.3 is 14.8 Å². The highest BCUT2D eigenvalue weighted by atomic mass is 32.1. The molecule has 1 aromatic carbocycles. The van der Waals surface area contributed by atoms with Crippen LogP contribution in [0.5, 0.6) is 11.6 Å². The zero-order valence-electron chi connectivity index (χ0n) is 16.6. The largest absolute Gasteiger partial charge is 0.487 e. The SMILES string of the molecule is COc1ccc(-c2cc(F)cc3c2O[C@H](CNC(=O)CCCc2cccs2)C3)nn1. The summed E-state index contributed by atoms with van der Waals surface area (Å²) in [6, 6.07) is 10.3. The minimum atomic E-state index is -0.358. The van der Waals surface area contributed by atoms with Crippen LogP contribution < -0.4 is 14.8 Å². The van der Waals surface area contributed by atoms with Gasteiger partial charge in [0.15, 0.2) is 0 Å². The van der Waals surface area contributed by atoms with Crippen molar-refractivity contribution in [3.05, 3.63) is 58.0 Å². The number of amides is 1. The maximum absolute atomic E-state index is 14.2. The summed E-state index contributed by atoms with van der Waals surface area (Å²) >= 11 is 1.71. The summed E-state index contributed by atoms with van der Waals surface area (Å²) in [5, 5.41) is 13.0. The third-order valence-corrected chi connectivity index (χ3v) is 5.86. The number of carbonyl (C=O) groups excluding carboxylic acids is 1. The second-order valence-electron chi connectivity index (χ2n) is 7.08. The molecule has 0 aliphatic carbocycles. The van der Waals surface area contributed by atoms with Gasteiger partial charge in [-0.3, -0.25) is 4.79 Å². The van der Waals surface area contributed by atoms with Crippen LogP contribution in [-0.4, -0.2) is 35.9 Å². The molecule has 0 saturated carbocycles. The molecular formula is C22H22FN3O3S. The first-order valence-electron chi connectivity index (χ1n) is 9.78. The lowest BCUT2D eigenvalue weighted by Gasteiger charge is -2.13. The lowest BCUT2D eigenvalue weighted by Crippen LogP contribution is -2.34. The fourth-order valence-corrected chi connectivity index (χ4v) is 4.22. The quantitative estimate of drug-likeness (QED) is 0.592. The molecule has 1 N–H and O–H groups in total.